The third kappa shape index (κ3) is 8.38. The van der Waals surface area contributed by atoms with E-state index in [0.717, 1.165) is 51.9 Å². The van der Waals surface area contributed by atoms with Gasteiger partial charge in [-0.2, -0.15) is 0 Å². The number of likely N-dealkylation sites (N-methyl/N-ethyl adjacent to an activating group) is 1. The highest BCUT2D eigenvalue weighted by Gasteiger charge is 2.51. The average molecular weight is 731 g/mol. The molecule has 2 unspecified atom stereocenters. The van der Waals surface area contributed by atoms with Crippen LogP contribution in [-0.4, -0.2) is 43.4 Å². The molecule has 6 rings (SSSR count). The molecule has 2 atom stereocenters. The molecule has 0 saturated heterocycles. The summed E-state index contributed by atoms with van der Waals surface area (Å²) < 4.78 is 14.4. The first-order valence-corrected chi connectivity index (χ1v) is 18.5. The number of nitrogens with zero attached hydrogens (tertiary/aromatic N) is 5. The first kappa shape index (κ1) is 37.5. The second kappa shape index (κ2) is 16.6. The molecule has 0 aliphatic heterocycles. The van der Waals surface area contributed by atoms with Gasteiger partial charge in [-0.1, -0.05) is 32.4 Å². The molecule has 6 aromatic rings. The van der Waals surface area contributed by atoms with Crippen LogP contribution in [0.3, 0.4) is 0 Å². The van der Waals surface area contributed by atoms with Crippen molar-refractivity contribution in [2.45, 2.75) is 58.2 Å². The molecule has 0 aliphatic rings. The Labute approximate surface area is 317 Å². The number of hydrogen-bond donors (Lipinski definition) is 2. The SMILES string of the molecule is CCN(c1ccncc1)C(N)(c1ccncc1)C(O)(CC)CCOc1ccc(-c2cn(-c3ccc(Oc4ccc(Cl)cc4)cc3)c(CC(C)C)n2)cc1. The Bertz CT molecular complexity index is 2040. The van der Waals surface area contributed by atoms with Gasteiger partial charge in [0.2, 0.25) is 0 Å². The Morgan fingerprint density at radius 3 is 1.98 bits per heavy atom. The van der Waals surface area contributed by atoms with E-state index in [1.165, 1.54) is 0 Å². The summed E-state index contributed by atoms with van der Waals surface area (Å²) in [6.07, 6.45) is 10.5. The average Bonchev–Trinajstić information content (AvgIpc) is 3.60. The van der Waals surface area contributed by atoms with Gasteiger partial charge in [0.05, 0.1) is 12.3 Å². The number of halogens is 1. The van der Waals surface area contributed by atoms with Crippen molar-refractivity contribution >= 4 is 17.3 Å². The van der Waals surface area contributed by atoms with Gasteiger partial charge in [0.15, 0.2) is 0 Å². The lowest BCUT2D eigenvalue weighted by Gasteiger charge is -2.52. The summed E-state index contributed by atoms with van der Waals surface area (Å²) in [6.45, 7) is 9.18. The maximum atomic E-state index is 12.4. The van der Waals surface area contributed by atoms with Crippen LogP contribution in [0.25, 0.3) is 16.9 Å². The van der Waals surface area contributed by atoms with E-state index in [1.54, 1.807) is 24.8 Å². The zero-order chi connectivity index (χ0) is 37.4. The number of benzene rings is 3. The number of anilines is 1. The number of aromatic nitrogens is 4. The van der Waals surface area contributed by atoms with Crippen LogP contribution in [0.4, 0.5) is 5.69 Å². The van der Waals surface area contributed by atoms with Gasteiger partial charge in [0.1, 0.15) is 34.3 Å². The Kier molecular flexibility index (Phi) is 11.8. The predicted octanol–water partition coefficient (Wildman–Crippen LogP) is 9.22. The lowest BCUT2D eigenvalue weighted by atomic mass is 9.77. The number of pyridine rings is 2. The van der Waals surface area contributed by atoms with Crippen LogP contribution in [0.5, 0.6) is 17.2 Å². The number of hydrogen-bond acceptors (Lipinski definition) is 8. The molecule has 10 heteroatoms. The lowest BCUT2D eigenvalue weighted by molar-refractivity contribution is -0.0586. The number of nitrogens with two attached hydrogens (primary N) is 1. The van der Waals surface area contributed by atoms with Crippen molar-refractivity contribution in [3.05, 3.63) is 144 Å². The molecular formula is C43H47ClN6O3. The van der Waals surface area contributed by atoms with Crippen LogP contribution in [0.2, 0.25) is 5.02 Å². The van der Waals surface area contributed by atoms with E-state index in [9.17, 15) is 5.11 Å². The summed E-state index contributed by atoms with van der Waals surface area (Å²) >= 11 is 6.02. The van der Waals surface area contributed by atoms with Gasteiger partial charge in [-0.3, -0.25) is 9.97 Å². The molecule has 274 valence electrons. The third-order valence-electron chi connectivity index (χ3n) is 9.60. The molecule has 3 aromatic carbocycles. The minimum atomic E-state index is -1.35. The molecule has 0 amide bonds. The standard InChI is InChI=1S/C43H47ClN6O3/c1-5-42(51,43(45,33-19-24-46-25-20-33)50(6-2)36-21-26-47-27-22-36)23-28-52-37-13-7-32(8-14-37)40-30-49(41(48-40)29-31(3)4)35-11-17-39(18-12-35)53-38-15-9-34(44)10-16-38/h7-22,24-27,30-31,51H,5-6,23,28-29,45H2,1-4H3. The van der Waals surface area contributed by atoms with E-state index in [4.69, 9.17) is 31.8 Å². The molecule has 0 saturated carbocycles. The molecule has 0 fully saturated rings. The smallest absolute Gasteiger partial charge is 0.144 e. The van der Waals surface area contributed by atoms with Gasteiger partial charge >= 0.3 is 0 Å². The Morgan fingerprint density at radius 1 is 0.811 bits per heavy atom. The van der Waals surface area contributed by atoms with E-state index >= 15 is 0 Å². The molecule has 3 aromatic heterocycles. The molecule has 9 nitrogen and oxygen atoms in total. The summed E-state index contributed by atoms with van der Waals surface area (Å²) in [4.78, 5) is 15.5. The van der Waals surface area contributed by atoms with Crippen molar-refractivity contribution in [3.8, 4) is 34.2 Å². The molecule has 0 bridgehead atoms. The van der Waals surface area contributed by atoms with Crippen molar-refractivity contribution in [2.24, 2.45) is 11.7 Å². The zero-order valence-electron chi connectivity index (χ0n) is 30.7. The quantitative estimate of drug-likeness (QED) is 0.0949. The third-order valence-corrected chi connectivity index (χ3v) is 9.85. The summed E-state index contributed by atoms with van der Waals surface area (Å²) in [6, 6.07) is 30.8. The Morgan fingerprint density at radius 2 is 1.40 bits per heavy atom. The molecule has 53 heavy (non-hydrogen) atoms. The van der Waals surface area contributed by atoms with Crippen molar-refractivity contribution in [1.29, 1.82) is 0 Å². The Hall–Kier alpha value is -5.22. The molecule has 0 radical (unpaired) electrons. The largest absolute Gasteiger partial charge is 0.493 e. The lowest BCUT2D eigenvalue weighted by Crippen LogP contribution is -2.68. The second-order valence-electron chi connectivity index (χ2n) is 13.5. The number of imidazole rings is 1. The second-order valence-corrected chi connectivity index (χ2v) is 14.0. The van der Waals surface area contributed by atoms with Gasteiger partial charge < -0.3 is 29.8 Å². The van der Waals surface area contributed by atoms with E-state index in [1.807, 2.05) is 116 Å². The fraction of sp³-hybridized carbons (Fsp3) is 0.279. The van der Waals surface area contributed by atoms with Crippen molar-refractivity contribution in [2.75, 3.05) is 18.1 Å². The highest BCUT2D eigenvalue weighted by atomic mass is 35.5. The molecule has 3 heterocycles. The minimum Gasteiger partial charge on any atom is -0.493 e. The van der Waals surface area contributed by atoms with Crippen LogP contribution >= 0.6 is 11.6 Å². The zero-order valence-corrected chi connectivity index (χ0v) is 31.4. The highest BCUT2D eigenvalue weighted by molar-refractivity contribution is 6.30. The van der Waals surface area contributed by atoms with Gasteiger partial charge in [-0.25, -0.2) is 4.98 Å². The first-order valence-electron chi connectivity index (χ1n) is 18.1. The van der Waals surface area contributed by atoms with E-state index in [-0.39, 0.29) is 13.0 Å². The van der Waals surface area contributed by atoms with Crippen molar-refractivity contribution in [3.63, 3.8) is 0 Å². The number of rotatable bonds is 16. The van der Waals surface area contributed by atoms with Gasteiger partial charge in [0, 0.05) is 72.3 Å². The molecule has 3 N–H and O–H groups in total. The van der Waals surface area contributed by atoms with Gasteiger partial charge in [-0.15, -0.1) is 0 Å². The highest BCUT2D eigenvalue weighted by Crippen LogP contribution is 2.41. The maximum Gasteiger partial charge on any atom is 0.144 e. The van der Waals surface area contributed by atoms with Crippen molar-refractivity contribution < 1.29 is 14.6 Å². The maximum absolute atomic E-state index is 12.4. The molecule has 0 aliphatic carbocycles. The van der Waals surface area contributed by atoms with Gasteiger partial charge in [-0.05, 0) is 122 Å². The first-order chi connectivity index (χ1) is 25.6. The summed E-state index contributed by atoms with van der Waals surface area (Å²) in [5.74, 6) is 3.56. The number of ether oxygens (including phenoxy) is 2. The normalized spacial score (nSPS) is 13.7. The summed E-state index contributed by atoms with van der Waals surface area (Å²) in [5.41, 5.74) is 9.19. The van der Waals surface area contributed by atoms with Gasteiger partial charge in [0.25, 0.3) is 0 Å². The minimum absolute atomic E-state index is 0.256. The van der Waals surface area contributed by atoms with Crippen molar-refractivity contribution in [1.82, 2.24) is 19.5 Å². The van der Waals surface area contributed by atoms with E-state index in [2.05, 4.69) is 34.6 Å². The van der Waals surface area contributed by atoms with Crippen LogP contribution in [0, 0.1) is 5.92 Å². The predicted molar refractivity (Wildman–Crippen MR) is 212 cm³/mol. The van der Waals surface area contributed by atoms with Crippen LogP contribution in [0.1, 0.15) is 51.9 Å². The van der Waals surface area contributed by atoms with Crippen LogP contribution in [0.15, 0.2) is 128 Å². The molecular weight excluding hydrogens is 684 g/mol. The number of aliphatic hydroxyl groups is 1. The molecule has 0 spiro atoms. The summed E-state index contributed by atoms with van der Waals surface area (Å²) in [7, 11) is 0. The fourth-order valence-corrected chi connectivity index (χ4v) is 6.87. The monoisotopic (exact) mass is 730 g/mol. The fourth-order valence-electron chi connectivity index (χ4n) is 6.74. The summed E-state index contributed by atoms with van der Waals surface area (Å²) in [5, 5.41) is 13.1. The Balaban J connectivity index is 1.18. The van der Waals surface area contributed by atoms with Crippen LogP contribution in [-0.2, 0) is 12.1 Å². The topological polar surface area (TPSA) is 112 Å². The van der Waals surface area contributed by atoms with E-state index < -0.39 is 11.3 Å². The van der Waals surface area contributed by atoms with Crippen LogP contribution < -0.4 is 20.1 Å². The van der Waals surface area contributed by atoms with E-state index in [0.29, 0.717) is 29.7 Å².